The minimum atomic E-state index is -4.49. The van der Waals surface area contributed by atoms with Gasteiger partial charge in [0, 0.05) is 15.3 Å². The van der Waals surface area contributed by atoms with Gasteiger partial charge in [-0.05, 0) is 47.0 Å². The first-order valence-corrected chi connectivity index (χ1v) is 10.1. The summed E-state index contributed by atoms with van der Waals surface area (Å²) < 4.78 is 51.6. The van der Waals surface area contributed by atoms with Crippen LogP contribution < -0.4 is 5.14 Å². The molecule has 134 valence electrons. The number of rotatable bonds is 3. The maximum atomic E-state index is 14.1. The highest BCUT2D eigenvalue weighted by Gasteiger charge is 2.23. The average molecular weight is 456 g/mol. The van der Waals surface area contributed by atoms with Crippen molar-refractivity contribution < 1.29 is 17.2 Å². The van der Waals surface area contributed by atoms with Crippen LogP contribution in [0.15, 0.2) is 64.0 Å². The van der Waals surface area contributed by atoms with Crippen molar-refractivity contribution >= 4 is 48.6 Å². The Hall–Kier alpha value is -1.74. The van der Waals surface area contributed by atoms with Crippen molar-refractivity contribution in [1.29, 1.82) is 0 Å². The predicted octanol–water partition coefficient (Wildman–Crippen LogP) is 4.48. The van der Waals surface area contributed by atoms with Gasteiger partial charge in [0.2, 0.25) is 10.0 Å². The fourth-order valence-electron chi connectivity index (χ4n) is 2.74. The van der Waals surface area contributed by atoms with E-state index in [9.17, 15) is 17.2 Å². The zero-order valence-electron chi connectivity index (χ0n) is 13.1. The van der Waals surface area contributed by atoms with Crippen molar-refractivity contribution in [3.05, 3.63) is 81.9 Å². The number of halogens is 3. The number of benzene rings is 2. The first kappa shape index (κ1) is 19.0. The van der Waals surface area contributed by atoms with Crippen LogP contribution in [-0.4, -0.2) is 13.3 Å². The van der Waals surface area contributed by atoms with Crippen molar-refractivity contribution in [3.63, 3.8) is 0 Å². The zero-order chi connectivity index (χ0) is 19.1. The molecule has 2 N–H and O–H groups in total. The summed E-state index contributed by atoms with van der Waals surface area (Å²) in [5.74, 6) is -2.61. The van der Waals surface area contributed by atoms with Crippen LogP contribution in [0.4, 0.5) is 8.78 Å². The summed E-state index contributed by atoms with van der Waals surface area (Å²) in [5.41, 5.74) is 1.65. The summed E-state index contributed by atoms with van der Waals surface area (Å²) >= 11 is 8.84. The van der Waals surface area contributed by atoms with E-state index in [1.54, 1.807) is 12.2 Å². The second-order valence-corrected chi connectivity index (χ2v) is 8.59. The summed E-state index contributed by atoms with van der Waals surface area (Å²) in [6, 6.07) is 9.54. The van der Waals surface area contributed by atoms with E-state index in [0.717, 1.165) is 22.2 Å². The van der Waals surface area contributed by atoms with E-state index in [2.05, 4.69) is 15.9 Å². The van der Waals surface area contributed by atoms with E-state index >= 15 is 0 Å². The molecule has 0 amide bonds. The molecule has 0 aliphatic heterocycles. The second kappa shape index (κ2) is 7.11. The van der Waals surface area contributed by atoms with Crippen LogP contribution in [0.1, 0.15) is 17.0 Å². The van der Waals surface area contributed by atoms with Crippen LogP contribution in [0.5, 0.6) is 0 Å². The van der Waals surface area contributed by atoms with E-state index in [4.69, 9.17) is 17.4 Å². The van der Waals surface area contributed by atoms with Crippen molar-refractivity contribution in [2.45, 2.75) is 10.8 Å². The van der Waals surface area contributed by atoms with Gasteiger partial charge in [0.25, 0.3) is 0 Å². The number of hydrogen-bond donors (Lipinski definition) is 1. The quantitative estimate of drug-likeness (QED) is 0.693. The third-order valence-electron chi connectivity index (χ3n) is 3.90. The zero-order valence-corrected chi connectivity index (χ0v) is 16.3. The highest BCUT2D eigenvalue weighted by atomic mass is 79.9. The monoisotopic (exact) mass is 455 g/mol. The minimum Gasteiger partial charge on any atom is -0.224 e. The normalized spacial score (nSPS) is 17.3. The van der Waals surface area contributed by atoms with Gasteiger partial charge in [-0.1, -0.05) is 52.4 Å². The number of allylic oxidation sites excluding steroid dienone is 4. The van der Waals surface area contributed by atoms with E-state index in [1.165, 1.54) is 0 Å². The van der Waals surface area contributed by atoms with Crippen molar-refractivity contribution in [2.24, 2.45) is 5.14 Å². The largest absolute Gasteiger partial charge is 0.243 e. The van der Waals surface area contributed by atoms with Gasteiger partial charge < -0.3 is 0 Å². The number of nitrogens with two attached hydrogens (primary N) is 1. The highest BCUT2D eigenvalue weighted by Crippen LogP contribution is 2.32. The smallest absolute Gasteiger partial charge is 0.224 e. The SMILES string of the molecule is NS(=O)(=O)c1c(F)cc(C2=CC(=S)C(c3cccc(Br)c3)C=C2)cc1F. The summed E-state index contributed by atoms with van der Waals surface area (Å²) in [6.07, 6.45) is 5.18. The van der Waals surface area contributed by atoms with Gasteiger partial charge >= 0.3 is 0 Å². The summed E-state index contributed by atoms with van der Waals surface area (Å²) in [4.78, 5) is -0.562. The molecule has 1 aliphatic rings. The average Bonchev–Trinajstić information content (AvgIpc) is 2.52. The molecule has 2 aromatic carbocycles. The highest BCUT2D eigenvalue weighted by molar-refractivity contribution is 9.10. The van der Waals surface area contributed by atoms with Crippen LogP contribution in [0.3, 0.4) is 0 Å². The van der Waals surface area contributed by atoms with Gasteiger partial charge in [0.15, 0.2) is 4.90 Å². The molecule has 8 heteroatoms. The standard InChI is InChI=1S/C18H12BrF2NO2S2/c19-13-3-1-2-11(6-13)14-5-4-10(9-17(14)25)12-7-15(20)18(16(21)8-12)26(22,23)24/h1-9,14H,(H2,22,23,24). The van der Waals surface area contributed by atoms with Gasteiger partial charge in [-0.15, -0.1) is 0 Å². The van der Waals surface area contributed by atoms with E-state index in [-0.39, 0.29) is 11.5 Å². The molecule has 1 unspecified atom stereocenters. The lowest BCUT2D eigenvalue weighted by molar-refractivity contribution is 0.519. The number of hydrogen-bond acceptors (Lipinski definition) is 3. The molecule has 0 aromatic heterocycles. The molecule has 0 saturated carbocycles. The Morgan fingerprint density at radius 2 is 1.77 bits per heavy atom. The molecule has 3 nitrogen and oxygen atoms in total. The number of primary sulfonamides is 1. The molecular weight excluding hydrogens is 444 g/mol. The third-order valence-corrected chi connectivity index (χ3v) is 5.72. The third kappa shape index (κ3) is 3.83. The first-order valence-electron chi connectivity index (χ1n) is 7.38. The van der Waals surface area contributed by atoms with E-state index in [1.807, 2.05) is 30.3 Å². The van der Waals surface area contributed by atoms with Gasteiger partial charge in [0.05, 0.1) is 0 Å². The molecule has 0 radical (unpaired) electrons. The maximum absolute atomic E-state index is 14.1. The molecule has 26 heavy (non-hydrogen) atoms. The van der Waals surface area contributed by atoms with Gasteiger partial charge in [-0.25, -0.2) is 22.3 Å². The fourth-order valence-corrected chi connectivity index (χ4v) is 4.16. The van der Waals surface area contributed by atoms with Crippen molar-refractivity contribution in [3.8, 4) is 0 Å². The van der Waals surface area contributed by atoms with Gasteiger partial charge in [0.1, 0.15) is 11.6 Å². The Labute approximate surface area is 163 Å². The Bertz CT molecular complexity index is 1060. The molecule has 0 bridgehead atoms. The number of sulfonamides is 1. The Balaban J connectivity index is 1.97. The minimum absolute atomic E-state index is 0.135. The van der Waals surface area contributed by atoms with Crippen LogP contribution in [0.2, 0.25) is 0 Å². The molecule has 0 heterocycles. The van der Waals surface area contributed by atoms with Gasteiger partial charge in [-0.3, -0.25) is 0 Å². The Morgan fingerprint density at radius 1 is 1.12 bits per heavy atom. The first-order chi connectivity index (χ1) is 12.2. The van der Waals surface area contributed by atoms with Crippen molar-refractivity contribution in [2.75, 3.05) is 0 Å². The van der Waals surface area contributed by atoms with Crippen LogP contribution in [0, 0.1) is 11.6 Å². The van der Waals surface area contributed by atoms with Crippen LogP contribution in [0.25, 0.3) is 5.57 Å². The lowest BCUT2D eigenvalue weighted by Crippen LogP contribution is -2.16. The summed E-state index contributed by atoms with van der Waals surface area (Å²) in [7, 11) is -4.49. The Kier molecular flexibility index (Phi) is 5.21. The van der Waals surface area contributed by atoms with Crippen molar-refractivity contribution in [1.82, 2.24) is 0 Å². The lowest BCUT2D eigenvalue weighted by Gasteiger charge is -2.19. The Morgan fingerprint density at radius 3 is 2.31 bits per heavy atom. The fraction of sp³-hybridized carbons (Fsp3) is 0.0556. The molecule has 2 aromatic rings. The maximum Gasteiger partial charge on any atom is 0.243 e. The number of thiocarbonyl (C=S) groups is 1. The topological polar surface area (TPSA) is 60.2 Å². The second-order valence-electron chi connectivity index (χ2n) is 5.71. The predicted molar refractivity (Wildman–Crippen MR) is 104 cm³/mol. The van der Waals surface area contributed by atoms with E-state index in [0.29, 0.717) is 10.4 Å². The van der Waals surface area contributed by atoms with E-state index < -0.39 is 26.6 Å². The van der Waals surface area contributed by atoms with Crippen LogP contribution >= 0.6 is 28.1 Å². The molecule has 0 saturated heterocycles. The molecule has 1 aliphatic carbocycles. The van der Waals surface area contributed by atoms with Crippen LogP contribution in [-0.2, 0) is 10.0 Å². The molecule has 3 rings (SSSR count). The molecule has 1 atom stereocenters. The molecule has 0 spiro atoms. The summed E-state index contributed by atoms with van der Waals surface area (Å²) in [6.45, 7) is 0. The summed E-state index contributed by atoms with van der Waals surface area (Å²) in [5, 5.41) is 4.84. The molecular formula is C18H12BrF2NO2S2. The lowest BCUT2D eigenvalue weighted by atomic mass is 9.88. The molecule has 0 fully saturated rings. The van der Waals surface area contributed by atoms with Gasteiger partial charge in [-0.2, -0.15) is 0 Å².